The van der Waals surface area contributed by atoms with Crippen LogP contribution in [0.4, 0.5) is 0 Å². The maximum Gasteiger partial charge on any atom is 0.347 e. The van der Waals surface area contributed by atoms with Crippen LogP contribution in [0.5, 0.6) is 0 Å². The standard InChI is InChI=1S/C22H15O4P/c23-15-16-11-12-20-17(13-16)14-21(22(24)26-20)27(25,18-7-3-1-4-8-18)19-9-5-2-6-10-19/h1-15H. The summed E-state index contributed by atoms with van der Waals surface area (Å²) in [5, 5.41) is 1.75. The summed E-state index contributed by atoms with van der Waals surface area (Å²) in [6.07, 6.45) is 0.720. The topological polar surface area (TPSA) is 64.3 Å². The van der Waals surface area contributed by atoms with Crippen LogP contribution in [0.25, 0.3) is 11.0 Å². The van der Waals surface area contributed by atoms with Gasteiger partial charge in [0.25, 0.3) is 0 Å². The number of aldehydes is 1. The molecule has 0 N–H and O–H groups in total. The second-order valence-corrected chi connectivity index (χ2v) is 8.85. The second-order valence-electron chi connectivity index (χ2n) is 6.11. The highest BCUT2D eigenvalue weighted by atomic mass is 31.2. The molecule has 5 heteroatoms. The van der Waals surface area contributed by atoms with E-state index in [1.807, 2.05) is 12.1 Å². The Kier molecular flexibility index (Phi) is 4.35. The Morgan fingerprint density at radius 3 is 1.93 bits per heavy atom. The van der Waals surface area contributed by atoms with Gasteiger partial charge in [-0.25, -0.2) is 4.79 Å². The van der Waals surface area contributed by atoms with Crippen LogP contribution >= 0.6 is 7.14 Å². The largest absolute Gasteiger partial charge is 0.422 e. The van der Waals surface area contributed by atoms with Gasteiger partial charge in [0.2, 0.25) is 0 Å². The highest BCUT2D eigenvalue weighted by Gasteiger charge is 2.33. The molecular weight excluding hydrogens is 359 g/mol. The molecule has 0 spiro atoms. The van der Waals surface area contributed by atoms with Gasteiger partial charge < -0.3 is 8.98 Å². The van der Waals surface area contributed by atoms with Crippen molar-refractivity contribution in [3.05, 3.63) is 101 Å². The summed E-state index contributed by atoms with van der Waals surface area (Å²) in [6.45, 7) is 0. The van der Waals surface area contributed by atoms with Gasteiger partial charge in [-0.3, -0.25) is 4.79 Å². The quantitative estimate of drug-likeness (QED) is 0.313. The normalized spacial score (nSPS) is 11.4. The van der Waals surface area contributed by atoms with Crippen molar-refractivity contribution in [3.8, 4) is 0 Å². The van der Waals surface area contributed by atoms with Crippen molar-refractivity contribution in [1.29, 1.82) is 0 Å². The van der Waals surface area contributed by atoms with Crippen LogP contribution in [0, 0.1) is 0 Å². The number of hydrogen-bond acceptors (Lipinski definition) is 4. The summed E-state index contributed by atoms with van der Waals surface area (Å²) < 4.78 is 19.7. The monoisotopic (exact) mass is 374 g/mol. The average molecular weight is 374 g/mol. The molecule has 0 fully saturated rings. The van der Waals surface area contributed by atoms with Crippen molar-refractivity contribution in [2.45, 2.75) is 0 Å². The molecule has 0 unspecified atom stereocenters. The molecular formula is C22H15O4P. The number of carbonyl (C=O) groups is 1. The summed E-state index contributed by atoms with van der Waals surface area (Å²) in [7, 11) is -3.44. The molecule has 0 amide bonds. The SMILES string of the molecule is O=Cc1ccc2oc(=O)c(P(=O)(c3ccccc3)c3ccccc3)cc2c1. The molecule has 0 aliphatic carbocycles. The third-order valence-corrected chi connectivity index (χ3v) is 7.49. The van der Waals surface area contributed by atoms with E-state index >= 15 is 0 Å². The molecule has 1 heterocycles. The summed E-state index contributed by atoms with van der Waals surface area (Å²) in [6, 6.07) is 24.2. The first-order chi connectivity index (χ1) is 13.1. The lowest BCUT2D eigenvalue weighted by atomic mass is 10.1. The summed E-state index contributed by atoms with van der Waals surface area (Å²) in [5.41, 5.74) is 0.163. The van der Waals surface area contributed by atoms with Gasteiger partial charge in [0.1, 0.15) is 17.2 Å². The van der Waals surface area contributed by atoms with E-state index in [0.29, 0.717) is 27.1 Å². The maximum atomic E-state index is 14.3. The van der Waals surface area contributed by atoms with Gasteiger partial charge in [-0.05, 0) is 24.3 Å². The van der Waals surface area contributed by atoms with E-state index in [2.05, 4.69) is 0 Å². The molecule has 0 atom stereocenters. The Bertz CT molecular complexity index is 1180. The summed E-state index contributed by atoms with van der Waals surface area (Å²) >= 11 is 0. The van der Waals surface area contributed by atoms with Crippen molar-refractivity contribution in [2.75, 3.05) is 0 Å². The lowest BCUT2D eigenvalue weighted by Gasteiger charge is -2.19. The zero-order valence-electron chi connectivity index (χ0n) is 14.2. The van der Waals surface area contributed by atoms with Gasteiger partial charge in [0, 0.05) is 21.6 Å². The van der Waals surface area contributed by atoms with E-state index in [1.165, 1.54) is 0 Å². The molecule has 0 aliphatic heterocycles. The highest BCUT2D eigenvalue weighted by molar-refractivity contribution is 7.85. The van der Waals surface area contributed by atoms with Crippen molar-refractivity contribution >= 4 is 40.3 Å². The first-order valence-electron chi connectivity index (χ1n) is 8.38. The molecule has 0 bridgehead atoms. The average Bonchev–Trinajstić information content (AvgIpc) is 2.73. The molecule has 27 heavy (non-hydrogen) atoms. The second kappa shape index (κ2) is 6.82. The molecule has 0 saturated heterocycles. The van der Waals surface area contributed by atoms with Crippen LogP contribution in [-0.2, 0) is 4.57 Å². The molecule has 4 rings (SSSR count). The fourth-order valence-corrected chi connectivity index (χ4v) is 5.79. The van der Waals surface area contributed by atoms with Crippen LogP contribution in [0.1, 0.15) is 10.4 Å². The number of rotatable bonds is 4. The van der Waals surface area contributed by atoms with E-state index in [-0.39, 0.29) is 5.30 Å². The fourth-order valence-electron chi connectivity index (χ4n) is 3.13. The molecule has 1 aromatic heterocycles. The number of benzene rings is 3. The molecule has 0 aliphatic rings. The van der Waals surface area contributed by atoms with E-state index in [0.717, 1.165) is 6.29 Å². The third-order valence-electron chi connectivity index (χ3n) is 4.45. The minimum atomic E-state index is -3.44. The van der Waals surface area contributed by atoms with Crippen LogP contribution < -0.4 is 21.5 Å². The Morgan fingerprint density at radius 1 is 0.778 bits per heavy atom. The molecule has 0 saturated carbocycles. The van der Waals surface area contributed by atoms with E-state index in [9.17, 15) is 14.2 Å². The van der Waals surface area contributed by atoms with Crippen molar-refractivity contribution in [2.24, 2.45) is 0 Å². The van der Waals surface area contributed by atoms with E-state index in [1.54, 1.807) is 72.8 Å². The predicted molar refractivity (Wildman–Crippen MR) is 107 cm³/mol. The van der Waals surface area contributed by atoms with Crippen LogP contribution in [-0.4, -0.2) is 6.29 Å². The van der Waals surface area contributed by atoms with Gasteiger partial charge in [0.05, 0.1) is 0 Å². The Balaban J connectivity index is 2.07. The van der Waals surface area contributed by atoms with Crippen molar-refractivity contribution < 1.29 is 13.8 Å². The van der Waals surface area contributed by atoms with Crippen LogP contribution in [0.2, 0.25) is 0 Å². The number of hydrogen-bond donors (Lipinski definition) is 0. The third kappa shape index (κ3) is 2.94. The highest BCUT2D eigenvalue weighted by Crippen LogP contribution is 2.41. The minimum absolute atomic E-state index is 0.0930. The van der Waals surface area contributed by atoms with E-state index in [4.69, 9.17) is 4.42 Å². The van der Waals surface area contributed by atoms with Gasteiger partial charge in [0.15, 0.2) is 7.14 Å². The van der Waals surface area contributed by atoms with Crippen molar-refractivity contribution in [1.82, 2.24) is 0 Å². The van der Waals surface area contributed by atoms with E-state index < -0.39 is 12.8 Å². The first-order valence-corrected chi connectivity index (χ1v) is 10.1. The lowest BCUT2D eigenvalue weighted by molar-refractivity contribution is 0.112. The summed E-state index contributed by atoms with van der Waals surface area (Å²) in [5.74, 6) is 0. The zero-order valence-corrected chi connectivity index (χ0v) is 15.1. The van der Waals surface area contributed by atoms with Gasteiger partial charge >= 0.3 is 5.63 Å². The Labute approximate surface area is 155 Å². The fraction of sp³-hybridized carbons (Fsp3) is 0. The zero-order chi connectivity index (χ0) is 18.9. The van der Waals surface area contributed by atoms with Crippen LogP contribution in [0.3, 0.4) is 0 Å². The minimum Gasteiger partial charge on any atom is -0.422 e. The van der Waals surface area contributed by atoms with Gasteiger partial charge in [-0.15, -0.1) is 0 Å². The predicted octanol–water partition coefficient (Wildman–Crippen LogP) is 3.24. The van der Waals surface area contributed by atoms with Crippen LogP contribution in [0.15, 0.2) is 94.1 Å². The molecule has 4 nitrogen and oxygen atoms in total. The van der Waals surface area contributed by atoms with Gasteiger partial charge in [-0.1, -0.05) is 60.7 Å². The Hall–Kier alpha value is -3.23. The smallest absolute Gasteiger partial charge is 0.347 e. The number of fused-ring (bicyclic) bond motifs is 1. The summed E-state index contributed by atoms with van der Waals surface area (Å²) in [4.78, 5) is 23.9. The molecule has 132 valence electrons. The maximum absolute atomic E-state index is 14.3. The first kappa shape index (κ1) is 17.2. The Morgan fingerprint density at radius 2 is 1.37 bits per heavy atom. The lowest BCUT2D eigenvalue weighted by Crippen LogP contribution is -2.33. The number of carbonyl (C=O) groups excluding carboxylic acids is 1. The molecule has 3 aromatic carbocycles. The molecule has 0 radical (unpaired) electrons. The molecule has 4 aromatic rings. The van der Waals surface area contributed by atoms with Crippen molar-refractivity contribution in [3.63, 3.8) is 0 Å². The van der Waals surface area contributed by atoms with Gasteiger partial charge in [-0.2, -0.15) is 0 Å².